The second kappa shape index (κ2) is 19.7. The van der Waals surface area contributed by atoms with Crippen LogP contribution in [-0.2, 0) is 4.79 Å². The van der Waals surface area contributed by atoms with Crippen molar-refractivity contribution in [3.63, 3.8) is 0 Å². The largest absolute Gasteiger partial charge is 0.481 e. The Balaban J connectivity index is 3.29. The molecule has 0 unspecified atom stereocenters. The molecular weight excluding hydrogens is 296 g/mol. The predicted octanol–water partition coefficient (Wildman–Crippen LogP) is 7.22. The average Bonchev–Trinajstić information content (AvgIpc) is 2.56. The Kier molecular flexibility index (Phi) is 18.7. The van der Waals surface area contributed by atoms with E-state index in [1.54, 1.807) is 0 Å². The molecule has 0 bridgehead atoms. The third-order valence-electron chi connectivity index (χ3n) is 4.03. The van der Waals surface area contributed by atoms with Gasteiger partial charge in [-0.3, -0.25) is 4.79 Å². The van der Waals surface area contributed by atoms with Crippen LogP contribution in [0.3, 0.4) is 0 Å². The molecule has 0 saturated carbocycles. The van der Waals surface area contributed by atoms with Gasteiger partial charge in [0.15, 0.2) is 0 Å². The highest BCUT2D eigenvalue weighted by Crippen LogP contribution is 2.07. The van der Waals surface area contributed by atoms with Crippen LogP contribution in [0, 0.1) is 0 Å². The first-order valence-corrected chi connectivity index (χ1v) is 9.94. The van der Waals surface area contributed by atoms with E-state index in [9.17, 15) is 4.79 Å². The molecule has 0 heterocycles. The maximum absolute atomic E-state index is 10.4. The van der Waals surface area contributed by atoms with Crippen LogP contribution in [0.2, 0.25) is 0 Å². The Bertz CT molecular complexity index is 353. The Labute approximate surface area is 149 Å². The molecule has 0 aliphatic carbocycles. The number of unbranched alkanes of at least 4 members (excludes halogenated alkanes) is 9. The summed E-state index contributed by atoms with van der Waals surface area (Å²) in [6.07, 6.45) is 29.2. The summed E-state index contributed by atoms with van der Waals surface area (Å²) in [6.45, 7) is 2.26. The lowest BCUT2D eigenvalue weighted by Crippen LogP contribution is -1.93. The molecule has 0 amide bonds. The Hall–Kier alpha value is -1.31. The van der Waals surface area contributed by atoms with Gasteiger partial charge in [-0.05, 0) is 44.9 Å². The van der Waals surface area contributed by atoms with E-state index in [-0.39, 0.29) is 0 Å². The Morgan fingerprint density at radius 2 is 1.12 bits per heavy atom. The molecule has 0 aromatic rings. The number of carboxylic acid groups (broad SMARTS) is 1. The van der Waals surface area contributed by atoms with Crippen molar-refractivity contribution in [2.75, 3.05) is 0 Å². The first kappa shape index (κ1) is 22.7. The number of hydrogen-bond donors (Lipinski definition) is 1. The maximum Gasteiger partial charge on any atom is 0.303 e. The fourth-order valence-corrected chi connectivity index (χ4v) is 2.54. The van der Waals surface area contributed by atoms with Crippen molar-refractivity contribution in [3.05, 3.63) is 36.5 Å². The second-order valence-electron chi connectivity index (χ2n) is 6.44. The molecular formula is C22H38O2. The van der Waals surface area contributed by atoms with Crippen molar-refractivity contribution in [1.29, 1.82) is 0 Å². The molecule has 0 aromatic heterocycles. The van der Waals surface area contributed by atoms with Crippen LogP contribution in [0.4, 0.5) is 0 Å². The highest BCUT2D eigenvalue weighted by atomic mass is 16.4. The summed E-state index contributed by atoms with van der Waals surface area (Å²) in [5.74, 6) is -0.684. The van der Waals surface area contributed by atoms with E-state index in [0.29, 0.717) is 6.42 Å². The highest BCUT2D eigenvalue weighted by molar-refractivity contribution is 5.66. The number of hydrogen-bond acceptors (Lipinski definition) is 1. The number of allylic oxidation sites excluding steroid dienone is 6. The predicted molar refractivity (Wildman–Crippen MR) is 105 cm³/mol. The Morgan fingerprint density at radius 1 is 0.667 bits per heavy atom. The summed E-state index contributed by atoms with van der Waals surface area (Å²) in [7, 11) is 0. The summed E-state index contributed by atoms with van der Waals surface area (Å²) in [4.78, 5) is 10.4. The Morgan fingerprint density at radius 3 is 1.67 bits per heavy atom. The maximum atomic E-state index is 10.4. The summed E-state index contributed by atoms with van der Waals surface area (Å²) in [5.41, 5.74) is 0. The van der Waals surface area contributed by atoms with Crippen LogP contribution < -0.4 is 0 Å². The van der Waals surface area contributed by atoms with Gasteiger partial charge in [0.1, 0.15) is 0 Å². The lowest BCUT2D eigenvalue weighted by Gasteiger charge is -1.97. The van der Waals surface area contributed by atoms with Crippen molar-refractivity contribution in [3.8, 4) is 0 Å². The summed E-state index contributed by atoms with van der Waals surface area (Å²) in [6, 6.07) is 0. The molecule has 24 heavy (non-hydrogen) atoms. The normalized spacial score (nSPS) is 12.0. The van der Waals surface area contributed by atoms with E-state index in [4.69, 9.17) is 5.11 Å². The van der Waals surface area contributed by atoms with Crippen molar-refractivity contribution < 1.29 is 9.90 Å². The SMILES string of the molecule is CCCCCCCC/C=C\C/C=C\C/C=C\CCCCCC(=O)O. The molecule has 0 spiro atoms. The quantitative estimate of drug-likeness (QED) is 0.225. The van der Waals surface area contributed by atoms with Crippen LogP contribution in [0.1, 0.15) is 96.8 Å². The lowest BCUT2D eigenvalue weighted by molar-refractivity contribution is -0.137. The molecule has 1 N–H and O–H groups in total. The molecule has 2 heteroatoms. The number of rotatable bonds is 17. The van der Waals surface area contributed by atoms with Crippen LogP contribution in [0.25, 0.3) is 0 Å². The van der Waals surface area contributed by atoms with E-state index < -0.39 is 5.97 Å². The van der Waals surface area contributed by atoms with Gasteiger partial charge in [-0.25, -0.2) is 0 Å². The zero-order valence-corrected chi connectivity index (χ0v) is 15.7. The molecule has 0 aliphatic rings. The van der Waals surface area contributed by atoms with Gasteiger partial charge >= 0.3 is 5.97 Å². The lowest BCUT2D eigenvalue weighted by atomic mass is 10.1. The van der Waals surface area contributed by atoms with Crippen LogP contribution in [0.15, 0.2) is 36.5 Å². The minimum Gasteiger partial charge on any atom is -0.481 e. The zero-order chi connectivity index (χ0) is 17.7. The molecule has 0 aliphatic heterocycles. The van der Waals surface area contributed by atoms with E-state index >= 15 is 0 Å². The van der Waals surface area contributed by atoms with Gasteiger partial charge in [-0.15, -0.1) is 0 Å². The fraction of sp³-hybridized carbons (Fsp3) is 0.682. The van der Waals surface area contributed by atoms with Crippen LogP contribution in [0.5, 0.6) is 0 Å². The van der Waals surface area contributed by atoms with Crippen molar-refractivity contribution in [2.45, 2.75) is 96.8 Å². The highest BCUT2D eigenvalue weighted by Gasteiger charge is 1.94. The molecule has 0 aromatic carbocycles. The van der Waals surface area contributed by atoms with Crippen molar-refractivity contribution in [1.82, 2.24) is 0 Å². The van der Waals surface area contributed by atoms with E-state index in [1.165, 1.54) is 44.9 Å². The third kappa shape index (κ3) is 20.7. The average molecular weight is 335 g/mol. The molecule has 0 radical (unpaired) electrons. The van der Waals surface area contributed by atoms with Gasteiger partial charge in [-0.1, -0.05) is 81.9 Å². The smallest absolute Gasteiger partial charge is 0.303 e. The summed E-state index contributed by atoms with van der Waals surface area (Å²) >= 11 is 0. The topological polar surface area (TPSA) is 37.3 Å². The van der Waals surface area contributed by atoms with Crippen molar-refractivity contribution in [2.24, 2.45) is 0 Å². The van der Waals surface area contributed by atoms with Gasteiger partial charge < -0.3 is 5.11 Å². The van der Waals surface area contributed by atoms with Gasteiger partial charge in [0.25, 0.3) is 0 Å². The number of carbonyl (C=O) groups is 1. The van der Waals surface area contributed by atoms with Gasteiger partial charge in [0, 0.05) is 6.42 Å². The third-order valence-corrected chi connectivity index (χ3v) is 4.03. The monoisotopic (exact) mass is 334 g/mol. The fourth-order valence-electron chi connectivity index (χ4n) is 2.54. The first-order chi connectivity index (χ1) is 11.8. The molecule has 2 nitrogen and oxygen atoms in total. The minimum absolute atomic E-state index is 0.304. The summed E-state index contributed by atoms with van der Waals surface area (Å²) in [5, 5.41) is 8.53. The van der Waals surface area contributed by atoms with E-state index in [1.807, 2.05) is 0 Å². The molecule has 0 saturated heterocycles. The zero-order valence-electron chi connectivity index (χ0n) is 15.7. The van der Waals surface area contributed by atoms with Gasteiger partial charge in [0.05, 0.1) is 0 Å². The molecule has 0 fully saturated rings. The first-order valence-electron chi connectivity index (χ1n) is 9.94. The number of aliphatic carboxylic acids is 1. The minimum atomic E-state index is -0.684. The van der Waals surface area contributed by atoms with Gasteiger partial charge in [-0.2, -0.15) is 0 Å². The number of carboxylic acids is 1. The van der Waals surface area contributed by atoms with Gasteiger partial charge in [0.2, 0.25) is 0 Å². The standard InChI is InChI=1S/C22H38O2/c1-2-3-4-5-6-7-8-9-10-11-12-13-14-15-16-17-18-19-20-21-22(23)24/h9-10,12-13,15-16H,2-8,11,14,17-21H2,1H3,(H,23,24)/b10-9-,13-12-,16-15-. The molecule has 0 atom stereocenters. The van der Waals surface area contributed by atoms with E-state index in [0.717, 1.165) is 38.5 Å². The van der Waals surface area contributed by atoms with Crippen LogP contribution >= 0.6 is 0 Å². The van der Waals surface area contributed by atoms with Crippen LogP contribution in [-0.4, -0.2) is 11.1 Å². The van der Waals surface area contributed by atoms with Crippen molar-refractivity contribution >= 4 is 5.97 Å². The second-order valence-corrected chi connectivity index (χ2v) is 6.44. The molecule has 138 valence electrons. The summed E-state index contributed by atoms with van der Waals surface area (Å²) < 4.78 is 0. The van der Waals surface area contributed by atoms with E-state index in [2.05, 4.69) is 43.4 Å². The molecule has 0 rings (SSSR count).